The van der Waals surface area contributed by atoms with Crippen molar-refractivity contribution < 1.29 is 14.3 Å². The number of carboxylic acid groups (broad SMARTS) is 1. The summed E-state index contributed by atoms with van der Waals surface area (Å²) in [5.74, 6) is -0.845. The first-order valence-corrected chi connectivity index (χ1v) is 9.56. The number of aliphatic carboxylic acids is 1. The molecule has 2 aromatic carbocycles. The molecule has 0 atom stereocenters. The van der Waals surface area contributed by atoms with Crippen molar-refractivity contribution in [2.75, 3.05) is 0 Å². The zero-order valence-corrected chi connectivity index (χ0v) is 15.8. The van der Waals surface area contributed by atoms with Crippen LogP contribution >= 0.6 is 11.8 Å². The fourth-order valence-electron chi connectivity index (χ4n) is 2.92. The van der Waals surface area contributed by atoms with E-state index in [0.717, 1.165) is 39.5 Å². The van der Waals surface area contributed by atoms with E-state index in [1.165, 1.54) is 0 Å². The van der Waals surface area contributed by atoms with Gasteiger partial charge in [-0.1, -0.05) is 55.5 Å². The number of carboxylic acids is 1. The number of hydrogen-bond donors (Lipinski definition) is 1. The van der Waals surface area contributed by atoms with E-state index in [1.807, 2.05) is 61.5 Å². The summed E-state index contributed by atoms with van der Waals surface area (Å²) in [6, 6.07) is 17.5. The first kappa shape index (κ1) is 18.1. The largest absolute Gasteiger partial charge is 0.544 e. The number of fused-ring (bicyclic) bond motifs is 1. The van der Waals surface area contributed by atoms with Crippen LogP contribution in [0.3, 0.4) is 0 Å². The number of benzene rings is 2. The summed E-state index contributed by atoms with van der Waals surface area (Å²) in [6.07, 6.45) is 2.18. The Balaban J connectivity index is 1.84. The van der Waals surface area contributed by atoms with Gasteiger partial charge >= 0.3 is 0 Å². The lowest BCUT2D eigenvalue weighted by Gasteiger charge is -2.07. The van der Waals surface area contributed by atoms with Crippen LogP contribution in [0, 0.1) is 0 Å². The number of aromatic amines is 1. The highest BCUT2D eigenvalue weighted by atomic mass is 32.2. The zero-order chi connectivity index (χ0) is 19.5. The summed E-state index contributed by atoms with van der Waals surface area (Å²) < 4.78 is 5.44. The molecular weight excluding hydrogens is 374 g/mol. The molecule has 0 aliphatic rings. The van der Waals surface area contributed by atoms with Crippen molar-refractivity contribution in [3.05, 3.63) is 71.0 Å². The Bertz CT molecular complexity index is 1160. The predicted octanol–water partition coefficient (Wildman–Crippen LogP) is 3.66. The average molecular weight is 390 g/mol. The molecule has 0 bridgehead atoms. The molecule has 7 heteroatoms. The topological polar surface area (TPSA) is 94.8 Å². The maximum absolute atomic E-state index is 11.8. The Kier molecular flexibility index (Phi) is 4.99. The Morgan fingerprint density at radius 1 is 1.14 bits per heavy atom. The third-order valence-corrected chi connectivity index (χ3v) is 5.08. The van der Waals surface area contributed by atoms with Gasteiger partial charge in [-0.3, -0.25) is 0 Å². The second-order valence-electron chi connectivity index (χ2n) is 6.04. The molecule has 2 heterocycles. The van der Waals surface area contributed by atoms with E-state index in [2.05, 4.69) is 15.2 Å². The van der Waals surface area contributed by atoms with Crippen molar-refractivity contribution in [3.8, 4) is 11.3 Å². The quantitative estimate of drug-likeness (QED) is 0.399. The smallest absolute Gasteiger partial charge is 0.281 e. The van der Waals surface area contributed by atoms with Crippen molar-refractivity contribution in [3.63, 3.8) is 0 Å². The summed E-state index contributed by atoms with van der Waals surface area (Å²) in [5, 5.41) is 20.6. The molecule has 0 amide bonds. The molecule has 0 saturated carbocycles. The SMILES string of the molecule is CCc1nnc(S/C(=C\c2c(-c3ccccc3)[nH]c3ccccc23)C(=O)[O-])o1. The van der Waals surface area contributed by atoms with Crippen molar-refractivity contribution >= 4 is 34.7 Å². The molecule has 0 radical (unpaired) electrons. The average Bonchev–Trinajstić information content (AvgIpc) is 3.33. The van der Waals surface area contributed by atoms with Crippen LogP contribution in [0.5, 0.6) is 0 Å². The third-order valence-electron chi connectivity index (χ3n) is 4.23. The third kappa shape index (κ3) is 3.57. The van der Waals surface area contributed by atoms with Gasteiger partial charge in [0, 0.05) is 27.8 Å². The number of nitrogens with zero attached hydrogens (tertiary/aromatic N) is 2. The van der Waals surface area contributed by atoms with Gasteiger partial charge in [0.1, 0.15) is 0 Å². The van der Waals surface area contributed by atoms with E-state index >= 15 is 0 Å². The Morgan fingerprint density at radius 2 is 1.89 bits per heavy atom. The van der Waals surface area contributed by atoms with E-state index in [-0.39, 0.29) is 10.1 Å². The minimum Gasteiger partial charge on any atom is -0.544 e. The van der Waals surface area contributed by atoms with Crippen LogP contribution in [0.1, 0.15) is 18.4 Å². The number of hydrogen-bond acceptors (Lipinski definition) is 6. The normalized spacial score (nSPS) is 11.8. The van der Waals surface area contributed by atoms with Gasteiger partial charge in [-0.2, -0.15) is 0 Å². The second kappa shape index (κ2) is 7.74. The van der Waals surface area contributed by atoms with Crippen LogP contribution in [0.2, 0.25) is 0 Å². The number of carbonyl (C=O) groups is 1. The molecule has 4 rings (SSSR count). The van der Waals surface area contributed by atoms with Gasteiger partial charge in [-0.05, 0) is 29.5 Å². The van der Waals surface area contributed by atoms with Crippen LogP contribution in [-0.4, -0.2) is 21.2 Å². The Labute approximate surface area is 165 Å². The number of aromatic nitrogens is 3. The fraction of sp³-hybridized carbons (Fsp3) is 0.0952. The van der Waals surface area contributed by atoms with E-state index in [0.29, 0.717) is 12.3 Å². The van der Waals surface area contributed by atoms with Gasteiger partial charge in [0.2, 0.25) is 5.89 Å². The fourth-order valence-corrected chi connectivity index (χ4v) is 3.59. The first-order valence-electron chi connectivity index (χ1n) is 8.75. The number of para-hydroxylation sites is 1. The van der Waals surface area contributed by atoms with Crippen LogP contribution in [0.25, 0.3) is 28.2 Å². The maximum atomic E-state index is 11.8. The number of aryl methyl sites for hydroxylation is 1. The standard InChI is InChI=1S/C21H17N3O3S/c1-2-18-23-24-21(27-18)28-17(20(25)26)12-15-14-10-6-7-11-16(14)22-19(15)13-8-4-3-5-9-13/h3-12,22H,2H2,1H3,(H,25,26)/p-1/b17-12-. The van der Waals surface area contributed by atoms with Gasteiger partial charge < -0.3 is 19.3 Å². The van der Waals surface area contributed by atoms with Crippen molar-refractivity contribution in [1.29, 1.82) is 0 Å². The highest BCUT2D eigenvalue weighted by Gasteiger charge is 2.15. The highest BCUT2D eigenvalue weighted by Crippen LogP contribution is 2.35. The number of nitrogens with one attached hydrogen (secondary N) is 1. The van der Waals surface area contributed by atoms with E-state index in [9.17, 15) is 9.90 Å². The van der Waals surface area contributed by atoms with E-state index in [1.54, 1.807) is 6.08 Å². The molecule has 0 aliphatic heterocycles. The van der Waals surface area contributed by atoms with E-state index < -0.39 is 5.97 Å². The molecule has 0 fully saturated rings. The van der Waals surface area contributed by atoms with Crippen LogP contribution < -0.4 is 5.11 Å². The number of rotatable bonds is 6. The van der Waals surface area contributed by atoms with Gasteiger partial charge in [0.15, 0.2) is 0 Å². The molecule has 4 aromatic rings. The minimum atomic E-state index is -1.30. The molecule has 2 aromatic heterocycles. The number of thioether (sulfide) groups is 1. The Morgan fingerprint density at radius 3 is 2.61 bits per heavy atom. The Hall–Kier alpha value is -3.32. The molecule has 140 valence electrons. The summed E-state index contributed by atoms with van der Waals surface area (Å²) in [4.78, 5) is 15.2. The summed E-state index contributed by atoms with van der Waals surface area (Å²) >= 11 is 0.889. The molecule has 0 spiro atoms. The summed E-state index contributed by atoms with van der Waals surface area (Å²) in [7, 11) is 0. The minimum absolute atomic E-state index is 0.00626. The van der Waals surface area contributed by atoms with E-state index in [4.69, 9.17) is 4.42 Å². The maximum Gasteiger partial charge on any atom is 0.281 e. The lowest BCUT2D eigenvalue weighted by Crippen LogP contribution is -2.23. The van der Waals surface area contributed by atoms with Crippen molar-refractivity contribution in [2.24, 2.45) is 0 Å². The monoisotopic (exact) mass is 390 g/mol. The second-order valence-corrected chi connectivity index (χ2v) is 7.03. The first-order chi connectivity index (χ1) is 13.7. The molecule has 0 unspecified atom stereocenters. The number of carbonyl (C=O) groups excluding carboxylic acids is 1. The molecular formula is C21H16N3O3S-. The van der Waals surface area contributed by atoms with Crippen LogP contribution in [-0.2, 0) is 11.2 Å². The number of H-pyrrole nitrogens is 1. The van der Waals surface area contributed by atoms with Gasteiger partial charge in [-0.15, -0.1) is 10.2 Å². The molecule has 1 N–H and O–H groups in total. The lowest BCUT2D eigenvalue weighted by molar-refractivity contribution is -0.298. The van der Waals surface area contributed by atoms with Gasteiger partial charge in [-0.25, -0.2) is 0 Å². The predicted molar refractivity (Wildman–Crippen MR) is 106 cm³/mol. The van der Waals surface area contributed by atoms with Crippen LogP contribution in [0.15, 0.2) is 69.1 Å². The van der Waals surface area contributed by atoms with Crippen LogP contribution in [0.4, 0.5) is 0 Å². The molecule has 0 aliphatic carbocycles. The van der Waals surface area contributed by atoms with Gasteiger partial charge in [0.05, 0.1) is 11.7 Å². The zero-order valence-electron chi connectivity index (χ0n) is 15.0. The lowest BCUT2D eigenvalue weighted by atomic mass is 10.0. The van der Waals surface area contributed by atoms with Crippen molar-refractivity contribution in [2.45, 2.75) is 18.6 Å². The molecule has 6 nitrogen and oxygen atoms in total. The summed E-state index contributed by atoms with van der Waals surface area (Å²) in [6.45, 7) is 1.88. The molecule has 28 heavy (non-hydrogen) atoms. The molecule has 0 saturated heterocycles. The van der Waals surface area contributed by atoms with Crippen molar-refractivity contribution in [1.82, 2.24) is 15.2 Å². The summed E-state index contributed by atoms with van der Waals surface area (Å²) in [5.41, 5.74) is 3.48. The van der Waals surface area contributed by atoms with Gasteiger partial charge in [0.25, 0.3) is 5.22 Å². The highest BCUT2D eigenvalue weighted by molar-refractivity contribution is 8.03.